The van der Waals surface area contributed by atoms with Crippen LogP contribution >= 0.6 is 0 Å². The molecule has 1 fully saturated rings. The van der Waals surface area contributed by atoms with Crippen LogP contribution in [0, 0.1) is 0 Å². The first-order valence-corrected chi connectivity index (χ1v) is 8.73. The molecule has 2 N–H and O–H groups in total. The molecule has 9 nitrogen and oxygen atoms in total. The average Bonchev–Trinajstić information content (AvgIpc) is 2.92. The first kappa shape index (κ1) is 20.2. The van der Waals surface area contributed by atoms with Gasteiger partial charge < -0.3 is 20.1 Å². The molecule has 1 atom stereocenters. The van der Waals surface area contributed by atoms with Gasteiger partial charge in [0.25, 0.3) is 5.91 Å². The zero-order valence-corrected chi connectivity index (χ0v) is 15.1. The quantitative estimate of drug-likeness (QED) is 0.379. The van der Waals surface area contributed by atoms with Gasteiger partial charge in [-0.1, -0.05) is 30.3 Å². The molecule has 0 bridgehead atoms. The van der Waals surface area contributed by atoms with Crippen molar-refractivity contribution in [3.05, 3.63) is 35.9 Å². The number of hydrogen-bond acceptors (Lipinski definition) is 6. The number of ether oxygens (including phenoxy) is 2. The third-order valence-electron chi connectivity index (χ3n) is 3.85. The Bertz CT molecular complexity index is 679. The monoisotopic (exact) mass is 377 g/mol. The lowest BCUT2D eigenvalue weighted by molar-refractivity contribution is -0.146. The smallest absolute Gasteiger partial charge is 0.407 e. The number of esters is 1. The van der Waals surface area contributed by atoms with Crippen molar-refractivity contribution in [3.8, 4) is 0 Å². The van der Waals surface area contributed by atoms with Crippen LogP contribution in [0.25, 0.3) is 0 Å². The van der Waals surface area contributed by atoms with Crippen LogP contribution in [0.15, 0.2) is 30.3 Å². The highest BCUT2D eigenvalue weighted by atomic mass is 16.5. The van der Waals surface area contributed by atoms with E-state index in [1.165, 1.54) is 0 Å². The minimum Gasteiger partial charge on any atom is -0.465 e. The summed E-state index contributed by atoms with van der Waals surface area (Å²) in [5.74, 6) is -1.11. The van der Waals surface area contributed by atoms with Crippen molar-refractivity contribution in [2.45, 2.75) is 32.4 Å². The molecule has 146 valence electrons. The average molecular weight is 377 g/mol. The first-order chi connectivity index (χ1) is 13.0. The summed E-state index contributed by atoms with van der Waals surface area (Å²) in [6.45, 7) is 1.89. The zero-order valence-electron chi connectivity index (χ0n) is 15.1. The van der Waals surface area contributed by atoms with Gasteiger partial charge in [0, 0.05) is 6.54 Å². The summed E-state index contributed by atoms with van der Waals surface area (Å²) >= 11 is 0. The molecule has 0 aromatic heterocycles. The number of amides is 4. The summed E-state index contributed by atoms with van der Waals surface area (Å²) in [4.78, 5) is 47.9. The van der Waals surface area contributed by atoms with Crippen LogP contribution in [0.5, 0.6) is 0 Å². The molecule has 4 amide bonds. The van der Waals surface area contributed by atoms with Crippen molar-refractivity contribution in [1.82, 2.24) is 15.5 Å². The van der Waals surface area contributed by atoms with E-state index in [9.17, 15) is 19.2 Å². The number of alkyl carbamates (subject to hydrolysis) is 1. The molecule has 1 aromatic rings. The number of carbonyl (C=O) groups is 4. The van der Waals surface area contributed by atoms with E-state index < -0.39 is 36.6 Å². The summed E-state index contributed by atoms with van der Waals surface area (Å²) in [6, 6.07) is 7.96. The second-order valence-electron chi connectivity index (χ2n) is 5.86. The molecular formula is C18H23N3O6. The minimum absolute atomic E-state index is 0.173. The molecule has 0 unspecified atom stereocenters. The fourth-order valence-corrected chi connectivity index (χ4v) is 2.53. The second-order valence-corrected chi connectivity index (χ2v) is 5.86. The van der Waals surface area contributed by atoms with Gasteiger partial charge in [0.05, 0.1) is 6.61 Å². The number of urea groups is 1. The summed E-state index contributed by atoms with van der Waals surface area (Å²) in [5, 5.41) is 5.11. The van der Waals surface area contributed by atoms with Crippen molar-refractivity contribution in [1.29, 1.82) is 0 Å². The standard InChI is InChI=1S/C18H23N3O6/c1-2-26-15(22)11-21-16(23)14(20-17(21)24)9-6-10-19-18(25)27-12-13-7-4-3-5-8-13/h3-5,7-8,14H,2,6,9-12H2,1H3,(H,19,25)(H,20,24)/t14-/m0/s1. The minimum atomic E-state index is -0.714. The Morgan fingerprint density at radius 3 is 2.63 bits per heavy atom. The van der Waals surface area contributed by atoms with E-state index in [1.807, 2.05) is 30.3 Å². The van der Waals surface area contributed by atoms with Gasteiger partial charge in [-0.05, 0) is 25.3 Å². The summed E-state index contributed by atoms with van der Waals surface area (Å²) in [5.41, 5.74) is 0.883. The predicted molar refractivity (Wildman–Crippen MR) is 94.5 cm³/mol. The first-order valence-electron chi connectivity index (χ1n) is 8.73. The van der Waals surface area contributed by atoms with Gasteiger partial charge in [-0.2, -0.15) is 0 Å². The van der Waals surface area contributed by atoms with Gasteiger partial charge in [-0.3, -0.25) is 14.5 Å². The molecule has 0 aliphatic carbocycles. The topological polar surface area (TPSA) is 114 Å². The normalized spacial score (nSPS) is 16.0. The van der Waals surface area contributed by atoms with Crippen LogP contribution in [-0.2, 0) is 25.7 Å². The van der Waals surface area contributed by atoms with Crippen molar-refractivity contribution in [3.63, 3.8) is 0 Å². The van der Waals surface area contributed by atoms with Crippen LogP contribution in [-0.4, -0.2) is 54.6 Å². The Morgan fingerprint density at radius 1 is 1.19 bits per heavy atom. The number of hydrogen-bond donors (Lipinski definition) is 2. The maximum Gasteiger partial charge on any atom is 0.407 e. The number of rotatable bonds is 9. The molecule has 1 saturated heterocycles. The van der Waals surface area contributed by atoms with Crippen LogP contribution in [0.3, 0.4) is 0 Å². The second kappa shape index (κ2) is 10.1. The molecule has 9 heteroatoms. The highest BCUT2D eigenvalue weighted by molar-refractivity contribution is 6.06. The Labute approximate surface area is 157 Å². The van der Waals surface area contributed by atoms with Gasteiger partial charge in [0.1, 0.15) is 19.2 Å². The summed E-state index contributed by atoms with van der Waals surface area (Å²) in [6.07, 6.45) is 0.248. The van der Waals surface area contributed by atoms with Crippen LogP contribution in [0.1, 0.15) is 25.3 Å². The van der Waals surface area contributed by atoms with E-state index in [4.69, 9.17) is 9.47 Å². The highest BCUT2D eigenvalue weighted by Crippen LogP contribution is 2.11. The van der Waals surface area contributed by atoms with E-state index in [-0.39, 0.29) is 13.2 Å². The number of nitrogens with one attached hydrogen (secondary N) is 2. The van der Waals surface area contributed by atoms with Crippen LogP contribution < -0.4 is 10.6 Å². The van der Waals surface area contributed by atoms with Gasteiger partial charge >= 0.3 is 18.1 Å². The fourth-order valence-electron chi connectivity index (χ4n) is 2.53. The molecule has 0 spiro atoms. The molecule has 0 radical (unpaired) electrons. The van der Waals surface area contributed by atoms with Gasteiger partial charge in [-0.15, -0.1) is 0 Å². The van der Waals surface area contributed by atoms with E-state index in [2.05, 4.69) is 10.6 Å². The molecule has 1 aromatic carbocycles. The molecule has 0 saturated carbocycles. The third-order valence-corrected chi connectivity index (χ3v) is 3.85. The van der Waals surface area contributed by atoms with E-state index in [0.29, 0.717) is 19.4 Å². The SMILES string of the molecule is CCOC(=O)CN1C(=O)N[C@@H](CCCNC(=O)OCc2ccccc2)C1=O. The van der Waals surface area contributed by atoms with Gasteiger partial charge in [0.2, 0.25) is 0 Å². The van der Waals surface area contributed by atoms with Crippen molar-refractivity contribution < 1.29 is 28.7 Å². The lowest BCUT2D eigenvalue weighted by Crippen LogP contribution is -2.37. The molecule has 27 heavy (non-hydrogen) atoms. The van der Waals surface area contributed by atoms with Crippen molar-refractivity contribution in [2.24, 2.45) is 0 Å². The molecule has 1 heterocycles. The van der Waals surface area contributed by atoms with Crippen LogP contribution in [0.2, 0.25) is 0 Å². The van der Waals surface area contributed by atoms with Crippen molar-refractivity contribution in [2.75, 3.05) is 19.7 Å². The Balaban J connectivity index is 1.65. The Morgan fingerprint density at radius 2 is 1.93 bits per heavy atom. The highest BCUT2D eigenvalue weighted by Gasteiger charge is 2.38. The Kier molecular flexibility index (Phi) is 7.60. The number of benzene rings is 1. The Hall–Kier alpha value is -3.10. The van der Waals surface area contributed by atoms with E-state index in [0.717, 1.165) is 10.5 Å². The number of imide groups is 1. The maximum absolute atomic E-state index is 12.2. The summed E-state index contributed by atoms with van der Waals surface area (Å²) < 4.78 is 9.82. The van der Waals surface area contributed by atoms with Crippen LogP contribution in [0.4, 0.5) is 9.59 Å². The lowest BCUT2D eigenvalue weighted by atomic mass is 10.1. The van der Waals surface area contributed by atoms with Gasteiger partial charge in [-0.25, -0.2) is 9.59 Å². The molecule has 1 aliphatic heterocycles. The van der Waals surface area contributed by atoms with Gasteiger partial charge in [0.15, 0.2) is 0 Å². The molecule has 1 aliphatic rings. The number of carbonyl (C=O) groups excluding carboxylic acids is 4. The molecular weight excluding hydrogens is 354 g/mol. The third kappa shape index (κ3) is 6.28. The maximum atomic E-state index is 12.2. The lowest BCUT2D eigenvalue weighted by Gasteiger charge is -2.12. The van der Waals surface area contributed by atoms with E-state index in [1.54, 1.807) is 6.92 Å². The predicted octanol–water partition coefficient (Wildman–Crippen LogP) is 1.18. The zero-order chi connectivity index (χ0) is 19.6. The largest absolute Gasteiger partial charge is 0.465 e. The van der Waals surface area contributed by atoms with Crippen molar-refractivity contribution >= 4 is 24.0 Å². The molecule has 2 rings (SSSR count). The van der Waals surface area contributed by atoms with E-state index >= 15 is 0 Å². The fraction of sp³-hybridized carbons (Fsp3) is 0.444. The number of nitrogens with zero attached hydrogens (tertiary/aromatic N) is 1. The summed E-state index contributed by atoms with van der Waals surface area (Å²) in [7, 11) is 0.